The SMILES string of the molecule is NC(CSC1CCCC1)c1cccc(F)c1F. The summed E-state index contributed by atoms with van der Waals surface area (Å²) in [7, 11) is 0. The first-order valence-corrected chi connectivity index (χ1v) is 7.04. The Labute approximate surface area is 105 Å². The molecule has 1 aliphatic carbocycles. The van der Waals surface area contributed by atoms with Crippen molar-refractivity contribution < 1.29 is 8.78 Å². The Bertz CT molecular complexity index is 378. The van der Waals surface area contributed by atoms with Crippen molar-refractivity contribution in [3.05, 3.63) is 35.4 Å². The van der Waals surface area contributed by atoms with E-state index in [1.165, 1.54) is 31.7 Å². The van der Waals surface area contributed by atoms with Gasteiger partial charge in [-0.2, -0.15) is 11.8 Å². The quantitative estimate of drug-likeness (QED) is 0.891. The van der Waals surface area contributed by atoms with Gasteiger partial charge in [-0.25, -0.2) is 8.78 Å². The Hall–Kier alpha value is -0.610. The van der Waals surface area contributed by atoms with E-state index in [0.717, 1.165) is 6.07 Å². The largest absolute Gasteiger partial charge is 0.323 e. The van der Waals surface area contributed by atoms with Gasteiger partial charge in [0, 0.05) is 22.6 Å². The minimum Gasteiger partial charge on any atom is -0.323 e. The lowest BCUT2D eigenvalue weighted by molar-refractivity contribution is 0.493. The van der Waals surface area contributed by atoms with Crippen molar-refractivity contribution in [3.63, 3.8) is 0 Å². The molecule has 0 saturated heterocycles. The first kappa shape index (κ1) is 12.8. The second-order valence-corrected chi connectivity index (χ2v) is 5.82. The molecule has 1 aromatic carbocycles. The van der Waals surface area contributed by atoms with E-state index in [4.69, 9.17) is 5.73 Å². The van der Waals surface area contributed by atoms with Gasteiger partial charge in [0.2, 0.25) is 0 Å². The zero-order valence-corrected chi connectivity index (χ0v) is 10.5. The molecule has 1 nitrogen and oxygen atoms in total. The maximum atomic E-state index is 13.5. The maximum Gasteiger partial charge on any atom is 0.163 e. The van der Waals surface area contributed by atoms with Crippen molar-refractivity contribution in [1.82, 2.24) is 0 Å². The smallest absolute Gasteiger partial charge is 0.163 e. The van der Waals surface area contributed by atoms with E-state index >= 15 is 0 Å². The fraction of sp³-hybridized carbons (Fsp3) is 0.538. The molecule has 0 amide bonds. The van der Waals surface area contributed by atoms with E-state index in [1.54, 1.807) is 17.8 Å². The predicted molar refractivity (Wildman–Crippen MR) is 68.0 cm³/mol. The fourth-order valence-corrected chi connectivity index (χ4v) is 3.52. The molecule has 1 aliphatic rings. The second-order valence-electron chi connectivity index (χ2n) is 4.49. The van der Waals surface area contributed by atoms with Crippen molar-refractivity contribution >= 4 is 11.8 Å². The van der Waals surface area contributed by atoms with Gasteiger partial charge in [-0.3, -0.25) is 0 Å². The Morgan fingerprint density at radius 2 is 2.00 bits per heavy atom. The lowest BCUT2D eigenvalue weighted by Crippen LogP contribution is -2.17. The molecular weight excluding hydrogens is 240 g/mol. The van der Waals surface area contributed by atoms with Crippen molar-refractivity contribution in [2.45, 2.75) is 37.0 Å². The van der Waals surface area contributed by atoms with E-state index in [-0.39, 0.29) is 5.56 Å². The number of hydrogen-bond acceptors (Lipinski definition) is 2. The summed E-state index contributed by atoms with van der Waals surface area (Å²) in [5.74, 6) is -0.957. The number of thioether (sulfide) groups is 1. The number of rotatable bonds is 4. The predicted octanol–water partition coefficient (Wildman–Crippen LogP) is 3.64. The summed E-state index contributed by atoms with van der Waals surface area (Å²) in [5.41, 5.74) is 6.20. The molecule has 4 heteroatoms. The third-order valence-corrected chi connectivity index (χ3v) is 4.69. The van der Waals surface area contributed by atoms with Gasteiger partial charge in [0.15, 0.2) is 11.6 Å². The van der Waals surface area contributed by atoms with Crippen LogP contribution in [0.3, 0.4) is 0 Å². The Morgan fingerprint density at radius 3 is 2.71 bits per heavy atom. The number of benzene rings is 1. The summed E-state index contributed by atoms with van der Waals surface area (Å²) in [4.78, 5) is 0. The molecule has 2 rings (SSSR count). The molecule has 0 aromatic heterocycles. The van der Waals surface area contributed by atoms with Crippen molar-refractivity contribution in [3.8, 4) is 0 Å². The van der Waals surface area contributed by atoms with Crippen LogP contribution < -0.4 is 5.73 Å². The molecule has 0 spiro atoms. The first-order chi connectivity index (χ1) is 8.18. The van der Waals surface area contributed by atoms with Crippen molar-refractivity contribution in [2.75, 3.05) is 5.75 Å². The van der Waals surface area contributed by atoms with Crippen LogP contribution >= 0.6 is 11.8 Å². The van der Waals surface area contributed by atoms with Crippen LogP contribution in [-0.4, -0.2) is 11.0 Å². The van der Waals surface area contributed by atoms with Gasteiger partial charge in [0.1, 0.15) is 0 Å². The van der Waals surface area contributed by atoms with Crippen LogP contribution in [0.5, 0.6) is 0 Å². The van der Waals surface area contributed by atoms with Crippen LogP contribution in [0.1, 0.15) is 37.3 Å². The lowest BCUT2D eigenvalue weighted by Gasteiger charge is -2.15. The molecule has 0 radical (unpaired) electrons. The molecule has 0 heterocycles. The van der Waals surface area contributed by atoms with Gasteiger partial charge < -0.3 is 5.73 Å². The summed E-state index contributed by atoms with van der Waals surface area (Å²) in [5, 5.41) is 0.651. The highest BCUT2D eigenvalue weighted by molar-refractivity contribution is 7.99. The van der Waals surface area contributed by atoms with Crippen LogP contribution in [-0.2, 0) is 0 Å². The van der Waals surface area contributed by atoms with Gasteiger partial charge >= 0.3 is 0 Å². The van der Waals surface area contributed by atoms with Crippen LogP contribution in [0.25, 0.3) is 0 Å². The Balaban J connectivity index is 1.94. The minimum absolute atomic E-state index is 0.287. The number of halogens is 2. The number of nitrogens with two attached hydrogens (primary N) is 1. The molecule has 1 saturated carbocycles. The van der Waals surface area contributed by atoms with E-state index in [2.05, 4.69) is 0 Å². The average molecular weight is 257 g/mol. The molecule has 1 fully saturated rings. The molecule has 1 aromatic rings. The molecule has 0 bridgehead atoms. The average Bonchev–Trinajstić information content (AvgIpc) is 2.82. The summed E-state index contributed by atoms with van der Waals surface area (Å²) in [6, 6.07) is 3.78. The summed E-state index contributed by atoms with van der Waals surface area (Å²) >= 11 is 1.79. The van der Waals surface area contributed by atoms with Crippen LogP contribution in [0.15, 0.2) is 18.2 Å². The zero-order valence-electron chi connectivity index (χ0n) is 9.66. The van der Waals surface area contributed by atoms with Crippen LogP contribution in [0.2, 0.25) is 0 Å². The lowest BCUT2D eigenvalue weighted by atomic mass is 10.1. The molecule has 94 valence electrons. The first-order valence-electron chi connectivity index (χ1n) is 5.99. The van der Waals surface area contributed by atoms with E-state index in [9.17, 15) is 8.78 Å². The van der Waals surface area contributed by atoms with Gasteiger partial charge in [0.25, 0.3) is 0 Å². The second kappa shape index (κ2) is 5.83. The number of hydrogen-bond donors (Lipinski definition) is 1. The van der Waals surface area contributed by atoms with Crippen LogP contribution in [0.4, 0.5) is 8.78 Å². The summed E-state index contributed by atoms with van der Waals surface area (Å²) in [6.45, 7) is 0. The standard InChI is InChI=1S/C13H17F2NS/c14-11-7-3-6-10(13(11)15)12(16)8-17-9-4-1-2-5-9/h3,6-7,9,12H,1-2,4-5,8,16H2. The molecule has 17 heavy (non-hydrogen) atoms. The Kier molecular flexibility index (Phi) is 4.40. The van der Waals surface area contributed by atoms with Gasteiger partial charge in [-0.05, 0) is 18.9 Å². The Morgan fingerprint density at radius 1 is 1.29 bits per heavy atom. The monoisotopic (exact) mass is 257 g/mol. The van der Waals surface area contributed by atoms with Crippen LogP contribution in [0, 0.1) is 11.6 Å². The van der Waals surface area contributed by atoms with Gasteiger partial charge in [0.05, 0.1) is 0 Å². The maximum absolute atomic E-state index is 13.5. The normalized spacial score (nSPS) is 18.5. The highest BCUT2D eigenvalue weighted by Gasteiger charge is 2.19. The summed E-state index contributed by atoms with van der Waals surface area (Å²) < 4.78 is 26.5. The molecule has 2 N–H and O–H groups in total. The van der Waals surface area contributed by atoms with Crippen molar-refractivity contribution in [2.24, 2.45) is 5.73 Å². The fourth-order valence-electron chi connectivity index (χ4n) is 2.19. The third-order valence-electron chi connectivity index (χ3n) is 3.19. The highest BCUT2D eigenvalue weighted by atomic mass is 32.2. The summed E-state index contributed by atoms with van der Waals surface area (Å²) in [6.07, 6.45) is 5.01. The minimum atomic E-state index is -0.816. The van der Waals surface area contributed by atoms with Crippen molar-refractivity contribution in [1.29, 1.82) is 0 Å². The molecular formula is C13H17F2NS. The molecule has 1 atom stereocenters. The zero-order chi connectivity index (χ0) is 12.3. The highest BCUT2D eigenvalue weighted by Crippen LogP contribution is 2.32. The van der Waals surface area contributed by atoms with Gasteiger partial charge in [-0.15, -0.1) is 0 Å². The topological polar surface area (TPSA) is 26.0 Å². The van der Waals surface area contributed by atoms with E-state index in [1.807, 2.05) is 0 Å². The van der Waals surface area contributed by atoms with E-state index < -0.39 is 17.7 Å². The third kappa shape index (κ3) is 3.19. The van der Waals surface area contributed by atoms with Gasteiger partial charge in [-0.1, -0.05) is 25.0 Å². The van der Waals surface area contributed by atoms with E-state index in [0.29, 0.717) is 11.0 Å². The molecule has 0 aliphatic heterocycles. The molecule has 1 unspecified atom stereocenters.